The van der Waals surface area contributed by atoms with Gasteiger partial charge in [-0.05, 0) is 0 Å². The zero-order valence-corrected chi connectivity index (χ0v) is 7.56. The number of aryl methyl sites for hydroxylation is 1. The summed E-state index contributed by atoms with van der Waals surface area (Å²) in [6.45, 7) is 3.28. The molecule has 0 unspecified atom stereocenters. The Kier molecular flexibility index (Phi) is 4.76. The molecule has 1 heterocycles. The normalized spacial score (nSPS) is 9.00. The summed E-state index contributed by atoms with van der Waals surface area (Å²) in [6.07, 6.45) is 5.39. The van der Waals surface area contributed by atoms with Crippen LogP contribution in [0, 0.1) is 5.92 Å². The Morgan fingerprint density at radius 2 is 2.08 bits per heavy atom. The fraction of sp³-hybridized carbons (Fsp3) is 0.500. The first-order chi connectivity index (χ1) is 5.54. The van der Waals surface area contributed by atoms with Crippen molar-refractivity contribution in [3.63, 3.8) is 0 Å². The van der Waals surface area contributed by atoms with Gasteiger partial charge in [-0.2, -0.15) is 0 Å². The summed E-state index contributed by atoms with van der Waals surface area (Å²) in [5.74, 6) is -0.972. The number of rotatable bonds is 1. The molecule has 0 aliphatic carbocycles. The average Bonchev–Trinajstić information content (AvgIpc) is 2.40. The van der Waals surface area contributed by atoms with Crippen LogP contribution in [0.3, 0.4) is 0 Å². The highest BCUT2D eigenvalue weighted by Crippen LogP contribution is 1.87. The maximum absolute atomic E-state index is 9.70. The van der Waals surface area contributed by atoms with Gasteiger partial charge in [0.25, 0.3) is 0 Å². The fourth-order valence-electron chi connectivity index (χ4n) is 0.326. The number of carboxylic acids is 1. The molecule has 0 aliphatic heterocycles. The van der Waals surface area contributed by atoms with Gasteiger partial charge in [0, 0.05) is 19.4 Å². The molecule has 0 fully saturated rings. The van der Waals surface area contributed by atoms with Crippen molar-refractivity contribution in [2.24, 2.45) is 13.0 Å². The van der Waals surface area contributed by atoms with Crippen molar-refractivity contribution in [2.75, 3.05) is 0 Å². The molecular formula is C8H14N2O2. The van der Waals surface area contributed by atoms with Gasteiger partial charge in [-0.25, -0.2) is 4.98 Å². The Balaban J connectivity index is 0.000000202. The molecule has 4 nitrogen and oxygen atoms in total. The van der Waals surface area contributed by atoms with Gasteiger partial charge in [0.05, 0.1) is 12.2 Å². The van der Waals surface area contributed by atoms with Gasteiger partial charge in [0.15, 0.2) is 0 Å². The second-order valence-corrected chi connectivity index (χ2v) is 2.72. The van der Waals surface area contributed by atoms with Crippen molar-refractivity contribution in [1.29, 1.82) is 0 Å². The summed E-state index contributed by atoms with van der Waals surface area (Å²) in [5, 5.41) is 7.99. The molecule has 0 bridgehead atoms. The van der Waals surface area contributed by atoms with E-state index in [-0.39, 0.29) is 5.92 Å². The third-order valence-corrected chi connectivity index (χ3v) is 1.13. The summed E-state index contributed by atoms with van der Waals surface area (Å²) in [4.78, 5) is 13.5. The minimum absolute atomic E-state index is 0.231. The number of hydrogen-bond acceptors (Lipinski definition) is 2. The van der Waals surface area contributed by atoms with Crippen LogP contribution in [0.4, 0.5) is 0 Å². The molecule has 1 rings (SSSR count). The van der Waals surface area contributed by atoms with Crippen molar-refractivity contribution in [3.05, 3.63) is 18.7 Å². The van der Waals surface area contributed by atoms with Crippen LogP contribution in [0.1, 0.15) is 13.8 Å². The molecule has 1 N–H and O–H groups in total. The summed E-state index contributed by atoms with van der Waals surface area (Å²) in [6, 6.07) is 0. The molecule has 1 aromatic heterocycles. The van der Waals surface area contributed by atoms with Crippen molar-refractivity contribution in [2.45, 2.75) is 13.8 Å². The number of aromatic nitrogens is 2. The van der Waals surface area contributed by atoms with Crippen LogP contribution in [0.2, 0.25) is 0 Å². The van der Waals surface area contributed by atoms with Crippen LogP contribution in [0.25, 0.3) is 0 Å². The highest BCUT2D eigenvalue weighted by atomic mass is 16.4. The molecule has 12 heavy (non-hydrogen) atoms. The largest absolute Gasteiger partial charge is 0.481 e. The molecule has 0 radical (unpaired) electrons. The van der Waals surface area contributed by atoms with E-state index in [4.69, 9.17) is 5.11 Å². The van der Waals surface area contributed by atoms with Crippen LogP contribution < -0.4 is 0 Å². The van der Waals surface area contributed by atoms with E-state index in [2.05, 4.69) is 4.98 Å². The lowest BCUT2D eigenvalue weighted by molar-refractivity contribution is -0.140. The zero-order valence-electron chi connectivity index (χ0n) is 7.56. The van der Waals surface area contributed by atoms with E-state index in [9.17, 15) is 4.79 Å². The summed E-state index contributed by atoms with van der Waals surface area (Å²) in [7, 11) is 1.94. The Morgan fingerprint density at radius 3 is 2.17 bits per heavy atom. The van der Waals surface area contributed by atoms with E-state index in [1.807, 2.05) is 17.8 Å². The summed E-state index contributed by atoms with van der Waals surface area (Å²) in [5.41, 5.74) is 0. The van der Waals surface area contributed by atoms with Gasteiger partial charge in [0.1, 0.15) is 0 Å². The minimum Gasteiger partial charge on any atom is -0.481 e. The number of nitrogens with zero attached hydrogens (tertiary/aromatic N) is 2. The molecular weight excluding hydrogens is 156 g/mol. The van der Waals surface area contributed by atoms with E-state index in [0.29, 0.717) is 0 Å². The van der Waals surface area contributed by atoms with Crippen molar-refractivity contribution in [1.82, 2.24) is 9.55 Å². The van der Waals surface area contributed by atoms with E-state index < -0.39 is 5.97 Å². The summed E-state index contributed by atoms with van der Waals surface area (Å²) < 4.78 is 1.89. The lowest BCUT2D eigenvalue weighted by Gasteiger charge is -1.89. The zero-order chi connectivity index (χ0) is 9.56. The van der Waals surface area contributed by atoms with Crippen LogP contribution >= 0.6 is 0 Å². The molecule has 0 aromatic carbocycles. The van der Waals surface area contributed by atoms with Gasteiger partial charge in [-0.1, -0.05) is 13.8 Å². The molecule has 1 aromatic rings. The van der Waals surface area contributed by atoms with Gasteiger partial charge in [0.2, 0.25) is 0 Å². The smallest absolute Gasteiger partial charge is 0.305 e. The monoisotopic (exact) mass is 170 g/mol. The highest BCUT2D eigenvalue weighted by molar-refractivity contribution is 5.68. The highest BCUT2D eigenvalue weighted by Gasteiger charge is 1.99. The van der Waals surface area contributed by atoms with Crippen LogP contribution in [0.5, 0.6) is 0 Å². The lowest BCUT2D eigenvalue weighted by Crippen LogP contribution is -2.03. The molecule has 4 heteroatoms. The first kappa shape index (κ1) is 10.7. The van der Waals surface area contributed by atoms with E-state index in [1.54, 1.807) is 26.4 Å². The van der Waals surface area contributed by atoms with Crippen molar-refractivity contribution < 1.29 is 9.90 Å². The Bertz CT molecular complexity index is 217. The molecule has 0 saturated carbocycles. The average molecular weight is 170 g/mol. The molecule has 0 spiro atoms. The minimum atomic E-state index is -0.741. The molecule has 68 valence electrons. The van der Waals surface area contributed by atoms with Gasteiger partial charge in [-0.3, -0.25) is 4.79 Å². The van der Waals surface area contributed by atoms with Crippen LogP contribution in [-0.4, -0.2) is 20.6 Å². The third-order valence-electron chi connectivity index (χ3n) is 1.13. The number of imidazole rings is 1. The van der Waals surface area contributed by atoms with Crippen molar-refractivity contribution >= 4 is 5.97 Å². The van der Waals surface area contributed by atoms with Gasteiger partial charge < -0.3 is 9.67 Å². The van der Waals surface area contributed by atoms with E-state index in [1.165, 1.54) is 0 Å². The number of carboxylic acid groups (broad SMARTS) is 1. The number of hydrogen-bond donors (Lipinski definition) is 1. The maximum Gasteiger partial charge on any atom is 0.305 e. The predicted octanol–water partition coefficient (Wildman–Crippen LogP) is 1.15. The molecule has 0 saturated heterocycles. The van der Waals surface area contributed by atoms with E-state index >= 15 is 0 Å². The first-order valence-corrected chi connectivity index (χ1v) is 3.68. The topological polar surface area (TPSA) is 55.1 Å². The van der Waals surface area contributed by atoms with Gasteiger partial charge >= 0.3 is 5.97 Å². The molecule has 0 amide bonds. The predicted molar refractivity (Wildman–Crippen MR) is 45.7 cm³/mol. The maximum atomic E-state index is 9.70. The second kappa shape index (κ2) is 5.35. The van der Waals surface area contributed by atoms with E-state index in [0.717, 1.165) is 0 Å². The first-order valence-electron chi connectivity index (χ1n) is 3.68. The number of aliphatic carboxylic acids is 1. The SMILES string of the molecule is CC(C)C(=O)O.Cn1ccnc1. The van der Waals surface area contributed by atoms with Gasteiger partial charge in [-0.15, -0.1) is 0 Å². The standard InChI is InChI=1S/C4H6N2.C4H8O2/c1-6-3-2-5-4-6;1-3(2)4(5)6/h2-4H,1H3;3H,1-2H3,(H,5,6). The second-order valence-electron chi connectivity index (χ2n) is 2.72. The quantitative estimate of drug-likeness (QED) is 0.687. The Hall–Kier alpha value is -1.32. The molecule has 0 atom stereocenters. The lowest BCUT2D eigenvalue weighted by atomic mass is 10.2. The fourth-order valence-corrected chi connectivity index (χ4v) is 0.326. The number of carbonyl (C=O) groups is 1. The molecule has 0 aliphatic rings. The van der Waals surface area contributed by atoms with Crippen LogP contribution in [0.15, 0.2) is 18.7 Å². The Morgan fingerprint density at radius 1 is 1.58 bits per heavy atom. The third kappa shape index (κ3) is 5.46. The van der Waals surface area contributed by atoms with Crippen LogP contribution in [-0.2, 0) is 11.8 Å². The Labute approximate surface area is 71.9 Å². The summed E-state index contributed by atoms with van der Waals surface area (Å²) >= 11 is 0. The van der Waals surface area contributed by atoms with Crippen molar-refractivity contribution in [3.8, 4) is 0 Å².